The number of anilines is 1. The van der Waals surface area contributed by atoms with E-state index < -0.39 is 11.9 Å². The van der Waals surface area contributed by atoms with Crippen molar-refractivity contribution in [3.63, 3.8) is 0 Å². The van der Waals surface area contributed by atoms with E-state index in [-0.39, 0.29) is 12.6 Å². The number of amides is 2. The number of carbonyl (C=O) groups is 2. The van der Waals surface area contributed by atoms with Gasteiger partial charge in [-0.2, -0.15) is 0 Å². The quantitative estimate of drug-likeness (QED) is 0.891. The van der Waals surface area contributed by atoms with Crippen LogP contribution in [0.5, 0.6) is 0 Å². The second-order valence-electron chi connectivity index (χ2n) is 5.19. The molecule has 1 aromatic rings. The third-order valence-corrected chi connectivity index (χ3v) is 3.80. The molecule has 20 heavy (non-hydrogen) atoms. The summed E-state index contributed by atoms with van der Waals surface area (Å²) in [5.74, 6) is -1.27. The van der Waals surface area contributed by atoms with Gasteiger partial charge in [0.2, 0.25) is 0 Å². The van der Waals surface area contributed by atoms with Gasteiger partial charge in [-0.15, -0.1) is 0 Å². The molecule has 5 nitrogen and oxygen atoms in total. The van der Waals surface area contributed by atoms with Gasteiger partial charge in [-0.3, -0.25) is 4.79 Å². The van der Waals surface area contributed by atoms with E-state index in [9.17, 15) is 9.59 Å². The highest BCUT2D eigenvalue weighted by molar-refractivity contribution is 5.90. The van der Waals surface area contributed by atoms with Crippen LogP contribution in [0.1, 0.15) is 24.5 Å². The maximum atomic E-state index is 12.1. The number of carbonyl (C=O) groups excluding carboxylic acids is 1. The van der Waals surface area contributed by atoms with Gasteiger partial charge < -0.3 is 15.3 Å². The van der Waals surface area contributed by atoms with E-state index in [2.05, 4.69) is 12.2 Å². The number of benzene rings is 1. The summed E-state index contributed by atoms with van der Waals surface area (Å²) in [7, 11) is 0. The molecule has 1 saturated heterocycles. The number of aryl methyl sites for hydroxylation is 2. The standard InChI is InChI=1S/C15H20N2O3/c1-3-11-4-5-13(8-10(11)2)16-15(20)17-7-6-12(9-17)14(18)19/h4-5,8,12H,3,6-7,9H2,1-2H3,(H,16,20)(H,18,19). The number of hydrogen-bond donors (Lipinski definition) is 2. The highest BCUT2D eigenvalue weighted by Crippen LogP contribution is 2.19. The summed E-state index contributed by atoms with van der Waals surface area (Å²) in [6, 6.07) is 5.61. The van der Waals surface area contributed by atoms with Crippen LogP contribution in [-0.2, 0) is 11.2 Å². The van der Waals surface area contributed by atoms with Gasteiger partial charge in [0.15, 0.2) is 0 Å². The first-order valence-electron chi connectivity index (χ1n) is 6.89. The number of rotatable bonds is 3. The van der Waals surface area contributed by atoms with E-state index >= 15 is 0 Å². The largest absolute Gasteiger partial charge is 0.481 e. The van der Waals surface area contributed by atoms with Gasteiger partial charge in [0, 0.05) is 18.8 Å². The molecule has 1 fully saturated rings. The second kappa shape index (κ2) is 5.94. The second-order valence-corrected chi connectivity index (χ2v) is 5.19. The van der Waals surface area contributed by atoms with E-state index in [1.54, 1.807) is 4.90 Å². The Morgan fingerprint density at radius 2 is 2.20 bits per heavy atom. The van der Waals surface area contributed by atoms with E-state index in [1.807, 2.05) is 25.1 Å². The maximum absolute atomic E-state index is 12.1. The van der Waals surface area contributed by atoms with Crippen molar-refractivity contribution in [2.24, 2.45) is 5.92 Å². The Labute approximate surface area is 118 Å². The fourth-order valence-electron chi connectivity index (χ4n) is 2.52. The summed E-state index contributed by atoms with van der Waals surface area (Å²) in [5.41, 5.74) is 3.16. The number of hydrogen-bond acceptors (Lipinski definition) is 2. The lowest BCUT2D eigenvalue weighted by Crippen LogP contribution is -2.33. The molecule has 0 spiro atoms. The van der Waals surface area contributed by atoms with Crippen LogP contribution in [0.3, 0.4) is 0 Å². The summed E-state index contributed by atoms with van der Waals surface area (Å²) in [6.45, 7) is 4.89. The number of aliphatic carboxylic acids is 1. The SMILES string of the molecule is CCc1ccc(NC(=O)N2CCC(C(=O)O)C2)cc1C. The highest BCUT2D eigenvalue weighted by atomic mass is 16.4. The molecule has 2 rings (SSSR count). The van der Waals surface area contributed by atoms with Gasteiger partial charge in [0.1, 0.15) is 0 Å². The predicted octanol–water partition coefficient (Wildman–Crippen LogP) is 2.50. The molecule has 1 unspecified atom stereocenters. The number of nitrogens with one attached hydrogen (secondary N) is 1. The lowest BCUT2D eigenvalue weighted by Gasteiger charge is -2.17. The van der Waals surface area contributed by atoms with Crippen LogP contribution in [0, 0.1) is 12.8 Å². The Hall–Kier alpha value is -2.04. The normalized spacial score (nSPS) is 18.1. The molecule has 2 N–H and O–H groups in total. The van der Waals surface area contributed by atoms with Gasteiger partial charge in [-0.05, 0) is 43.0 Å². The molecule has 2 amide bonds. The van der Waals surface area contributed by atoms with Gasteiger partial charge >= 0.3 is 12.0 Å². The minimum atomic E-state index is -0.830. The molecule has 1 aromatic carbocycles. The van der Waals surface area contributed by atoms with Crippen molar-refractivity contribution in [3.05, 3.63) is 29.3 Å². The van der Waals surface area contributed by atoms with Crippen molar-refractivity contribution >= 4 is 17.7 Å². The molecule has 1 aliphatic rings. The van der Waals surface area contributed by atoms with Crippen molar-refractivity contribution < 1.29 is 14.7 Å². The summed E-state index contributed by atoms with van der Waals surface area (Å²) < 4.78 is 0. The minimum absolute atomic E-state index is 0.225. The molecule has 0 aliphatic carbocycles. The van der Waals surface area contributed by atoms with Crippen LogP contribution in [0.2, 0.25) is 0 Å². The topological polar surface area (TPSA) is 69.6 Å². The fraction of sp³-hybridized carbons (Fsp3) is 0.467. The Morgan fingerprint density at radius 1 is 1.45 bits per heavy atom. The van der Waals surface area contributed by atoms with Crippen molar-refractivity contribution in [3.8, 4) is 0 Å². The molecule has 5 heteroatoms. The first kappa shape index (κ1) is 14.4. The van der Waals surface area contributed by atoms with E-state index in [1.165, 1.54) is 5.56 Å². The Morgan fingerprint density at radius 3 is 2.75 bits per heavy atom. The monoisotopic (exact) mass is 276 g/mol. The van der Waals surface area contributed by atoms with Gasteiger partial charge in [-0.1, -0.05) is 13.0 Å². The zero-order valence-electron chi connectivity index (χ0n) is 11.8. The molecule has 0 radical (unpaired) electrons. The number of carboxylic acid groups (broad SMARTS) is 1. The third kappa shape index (κ3) is 3.10. The summed E-state index contributed by atoms with van der Waals surface area (Å²) in [4.78, 5) is 24.5. The molecule has 108 valence electrons. The fourth-order valence-corrected chi connectivity index (χ4v) is 2.52. The Balaban J connectivity index is 1.98. The van der Waals surface area contributed by atoms with Gasteiger partial charge in [0.05, 0.1) is 5.92 Å². The van der Waals surface area contributed by atoms with E-state index in [0.717, 1.165) is 17.7 Å². The molecule has 1 atom stereocenters. The lowest BCUT2D eigenvalue weighted by atomic mass is 10.1. The van der Waals surface area contributed by atoms with Crippen LogP contribution < -0.4 is 5.32 Å². The predicted molar refractivity (Wildman–Crippen MR) is 76.9 cm³/mol. The number of likely N-dealkylation sites (tertiary alicyclic amines) is 1. The van der Waals surface area contributed by atoms with Crippen LogP contribution >= 0.6 is 0 Å². The molecule has 0 saturated carbocycles. The van der Waals surface area contributed by atoms with Crippen molar-refractivity contribution in [2.45, 2.75) is 26.7 Å². The van der Waals surface area contributed by atoms with E-state index in [4.69, 9.17) is 5.11 Å². The average molecular weight is 276 g/mol. The molecular weight excluding hydrogens is 256 g/mol. The van der Waals surface area contributed by atoms with Gasteiger partial charge in [0.25, 0.3) is 0 Å². The van der Waals surface area contributed by atoms with Crippen LogP contribution in [-0.4, -0.2) is 35.1 Å². The smallest absolute Gasteiger partial charge is 0.321 e. The molecule has 1 aliphatic heterocycles. The molecule has 0 bridgehead atoms. The highest BCUT2D eigenvalue weighted by Gasteiger charge is 2.30. The maximum Gasteiger partial charge on any atom is 0.321 e. The molecule has 1 heterocycles. The van der Waals surface area contributed by atoms with Crippen molar-refractivity contribution in [1.82, 2.24) is 4.90 Å². The van der Waals surface area contributed by atoms with Crippen molar-refractivity contribution in [2.75, 3.05) is 18.4 Å². The number of nitrogens with zero attached hydrogens (tertiary/aromatic N) is 1. The first-order chi connectivity index (χ1) is 9.51. The third-order valence-electron chi connectivity index (χ3n) is 3.80. The Bertz CT molecular complexity index is 528. The number of urea groups is 1. The van der Waals surface area contributed by atoms with Crippen LogP contribution in [0.4, 0.5) is 10.5 Å². The zero-order valence-corrected chi connectivity index (χ0v) is 11.8. The van der Waals surface area contributed by atoms with Crippen molar-refractivity contribution in [1.29, 1.82) is 0 Å². The molecule has 0 aromatic heterocycles. The molecular formula is C15H20N2O3. The first-order valence-corrected chi connectivity index (χ1v) is 6.89. The summed E-state index contributed by atoms with van der Waals surface area (Å²) in [5, 5.41) is 11.8. The summed E-state index contributed by atoms with van der Waals surface area (Å²) >= 11 is 0. The van der Waals surface area contributed by atoms with E-state index in [0.29, 0.717) is 13.0 Å². The minimum Gasteiger partial charge on any atom is -0.481 e. The number of carboxylic acids is 1. The zero-order chi connectivity index (χ0) is 14.7. The Kier molecular flexibility index (Phi) is 4.27. The lowest BCUT2D eigenvalue weighted by molar-refractivity contribution is -0.141. The van der Waals surface area contributed by atoms with Crippen LogP contribution in [0.25, 0.3) is 0 Å². The average Bonchev–Trinajstić information content (AvgIpc) is 2.88. The summed E-state index contributed by atoms with van der Waals surface area (Å²) in [6.07, 6.45) is 1.49. The van der Waals surface area contributed by atoms with Gasteiger partial charge in [-0.25, -0.2) is 4.79 Å². The van der Waals surface area contributed by atoms with Crippen LogP contribution in [0.15, 0.2) is 18.2 Å².